The van der Waals surface area contributed by atoms with E-state index in [1.54, 1.807) is 22.5 Å². The summed E-state index contributed by atoms with van der Waals surface area (Å²) in [5.74, 6) is 0. The second-order valence-electron chi connectivity index (χ2n) is 5.81. The molecule has 4 rings (SSSR count). The number of aryl methyl sites for hydroxylation is 2. The molecular formula is C17H18ClNS. The van der Waals surface area contributed by atoms with Crippen molar-refractivity contribution in [2.75, 3.05) is 5.32 Å². The van der Waals surface area contributed by atoms with E-state index in [0.717, 1.165) is 4.34 Å². The molecule has 0 saturated carbocycles. The zero-order chi connectivity index (χ0) is 13.5. The summed E-state index contributed by atoms with van der Waals surface area (Å²) in [4.78, 5) is 1.47. The Morgan fingerprint density at radius 3 is 3.00 bits per heavy atom. The van der Waals surface area contributed by atoms with Crippen LogP contribution in [0.3, 0.4) is 0 Å². The standard InChI is InChI=1S/C17H18ClNS/c18-17-10-13-15(8-9-16(13)20-17)19-14-7-3-5-11-4-1-2-6-12(11)14/h3,5,7,10,15,19H,1-2,4,6,8-9H2. The van der Waals surface area contributed by atoms with Crippen LogP contribution in [-0.2, 0) is 19.3 Å². The lowest BCUT2D eigenvalue weighted by Crippen LogP contribution is -2.12. The molecule has 0 bridgehead atoms. The smallest absolute Gasteiger partial charge is 0.0934 e. The van der Waals surface area contributed by atoms with Gasteiger partial charge in [0.25, 0.3) is 0 Å². The van der Waals surface area contributed by atoms with Crippen molar-refractivity contribution in [1.29, 1.82) is 0 Å². The molecule has 0 aliphatic heterocycles. The molecule has 2 aliphatic rings. The van der Waals surface area contributed by atoms with Crippen molar-refractivity contribution in [3.63, 3.8) is 0 Å². The van der Waals surface area contributed by atoms with Crippen LogP contribution in [0.15, 0.2) is 24.3 Å². The van der Waals surface area contributed by atoms with Gasteiger partial charge in [-0.3, -0.25) is 0 Å². The molecule has 0 spiro atoms. The van der Waals surface area contributed by atoms with E-state index in [1.807, 2.05) is 0 Å². The maximum absolute atomic E-state index is 6.15. The normalized spacial score (nSPS) is 20.6. The van der Waals surface area contributed by atoms with E-state index in [4.69, 9.17) is 11.6 Å². The van der Waals surface area contributed by atoms with Crippen LogP contribution in [0.4, 0.5) is 5.69 Å². The fraction of sp³-hybridized carbons (Fsp3) is 0.412. The van der Waals surface area contributed by atoms with Gasteiger partial charge >= 0.3 is 0 Å². The van der Waals surface area contributed by atoms with Crippen molar-refractivity contribution in [2.45, 2.75) is 44.6 Å². The van der Waals surface area contributed by atoms with Crippen LogP contribution in [0.2, 0.25) is 4.34 Å². The molecule has 1 nitrogen and oxygen atoms in total. The van der Waals surface area contributed by atoms with Gasteiger partial charge in [-0.2, -0.15) is 0 Å². The number of anilines is 1. The molecule has 3 heteroatoms. The Bertz CT molecular complexity index is 646. The van der Waals surface area contributed by atoms with Gasteiger partial charge in [0.1, 0.15) is 0 Å². The summed E-state index contributed by atoms with van der Waals surface area (Å²) in [6.07, 6.45) is 7.49. The number of benzene rings is 1. The van der Waals surface area contributed by atoms with Crippen LogP contribution in [-0.4, -0.2) is 0 Å². The Balaban J connectivity index is 1.64. The molecule has 20 heavy (non-hydrogen) atoms. The highest BCUT2D eigenvalue weighted by atomic mass is 35.5. The van der Waals surface area contributed by atoms with Crippen LogP contribution >= 0.6 is 22.9 Å². The predicted octanol–water partition coefficient (Wildman–Crippen LogP) is 5.38. The third kappa shape index (κ3) is 2.15. The summed E-state index contributed by atoms with van der Waals surface area (Å²) < 4.78 is 0.927. The highest BCUT2D eigenvalue weighted by Gasteiger charge is 2.26. The van der Waals surface area contributed by atoms with Gasteiger partial charge in [-0.15, -0.1) is 11.3 Å². The first kappa shape index (κ1) is 12.7. The summed E-state index contributed by atoms with van der Waals surface area (Å²) in [5, 5.41) is 3.79. The lowest BCUT2D eigenvalue weighted by molar-refractivity contribution is 0.682. The van der Waals surface area contributed by atoms with Crippen molar-refractivity contribution in [3.05, 3.63) is 50.2 Å². The fourth-order valence-corrected chi connectivity index (χ4v) is 4.94. The van der Waals surface area contributed by atoms with E-state index >= 15 is 0 Å². The van der Waals surface area contributed by atoms with Crippen LogP contribution in [0, 0.1) is 0 Å². The van der Waals surface area contributed by atoms with Crippen molar-refractivity contribution in [2.24, 2.45) is 0 Å². The summed E-state index contributed by atoms with van der Waals surface area (Å²) in [6, 6.07) is 9.34. The van der Waals surface area contributed by atoms with Crippen LogP contribution < -0.4 is 5.32 Å². The zero-order valence-corrected chi connectivity index (χ0v) is 13.0. The molecule has 1 aromatic heterocycles. The lowest BCUT2D eigenvalue weighted by Gasteiger charge is -2.23. The first-order valence-electron chi connectivity index (χ1n) is 7.46. The fourth-order valence-electron chi connectivity index (χ4n) is 3.58. The molecule has 1 heterocycles. The number of fused-ring (bicyclic) bond motifs is 2. The molecule has 0 radical (unpaired) electrons. The average Bonchev–Trinajstić information content (AvgIpc) is 3.00. The van der Waals surface area contributed by atoms with E-state index in [1.165, 1.54) is 54.7 Å². The Morgan fingerprint density at radius 1 is 1.15 bits per heavy atom. The van der Waals surface area contributed by atoms with E-state index in [-0.39, 0.29) is 0 Å². The van der Waals surface area contributed by atoms with E-state index in [2.05, 4.69) is 29.6 Å². The minimum absolute atomic E-state index is 0.446. The Labute approximate surface area is 129 Å². The molecule has 2 aromatic rings. The monoisotopic (exact) mass is 303 g/mol. The van der Waals surface area contributed by atoms with Gasteiger partial charge in [0.15, 0.2) is 0 Å². The Hall–Kier alpha value is -0.990. The SMILES string of the molecule is Clc1cc2c(s1)CCC2Nc1cccc2c1CCCC2. The first-order valence-corrected chi connectivity index (χ1v) is 8.66. The van der Waals surface area contributed by atoms with Gasteiger partial charge in [-0.05, 0) is 67.3 Å². The van der Waals surface area contributed by atoms with Gasteiger partial charge in [0, 0.05) is 10.6 Å². The second-order valence-corrected chi connectivity index (χ2v) is 7.58. The van der Waals surface area contributed by atoms with Gasteiger partial charge in [0.2, 0.25) is 0 Å². The van der Waals surface area contributed by atoms with Gasteiger partial charge in [-0.1, -0.05) is 23.7 Å². The molecule has 1 atom stereocenters. The summed E-state index contributed by atoms with van der Waals surface area (Å²) in [7, 11) is 0. The maximum atomic E-state index is 6.15. The van der Waals surface area contributed by atoms with Crippen molar-refractivity contribution < 1.29 is 0 Å². The molecule has 0 saturated heterocycles. The van der Waals surface area contributed by atoms with E-state index in [0.29, 0.717) is 6.04 Å². The average molecular weight is 304 g/mol. The third-order valence-corrected chi connectivity index (χ3v) is 5.91. The molecule has 2 aliphatic carbocycles. The molecule has 0 amide bonds. The van der Waals surface area contributed by atoms with Crippen molar-refractivity contribution in [3.8, 4) is 0 Å². The molecule has 1 unspecified atom stereocenters. The number of thiophene rings is 1. The number of hydrogen-bond donors (Lipinski definition) is 1. The molecule has 104 valence electrons. The minimum Gasteiger partial charge on any atom is -0.378 e. The quantitative estimate of drug-likeness (QED) is 0.785. The highest BCUT2D eigenvalue weighted by molar-refractivity contribution is 7.16. The third-order valence-electron chi connectivity index (χ3n) is 4.57. The largest absolute Gasteiger partial charge is 0.378 e. The summed E-state index contributed by atoms with van der Waals surface area (Å²) in [5.41, 5.74) is 5.87. The lowest BCUT2D eigenvalue weighted by atomic mass is 9.90. The maximum Gasteiger partial charge on any atom is 0.0934 e. The Morgan fingerprint density at radius 2 is 2.05 bits per heavy atom. The number of hydrogen-bond acceptors (Lipinski definition) is 2. The summed E-state index contributed by atoms with van der Waals surface area (Å²) in [6.45, 7) is 0. The molecule has 1 aromatic carbocycles. The zero-order valence-electron chi connectivity index (χ0n) is 11.4. The number of halogens is 1. The van der Waals surface area contributed by atoms with Gasteiger partial charge in [-0.25, -0.2) is 0 Å². The first-order chi connectivity index (χ1) is 9.81. The predicted molar refractivity (Wildman–Crippen MR) is 87.1 cm³/mol. The molecular weight excluding hydrogens is 286 g/mol. The number of nitrogens with one attached hydrogen (secondary N) is 1. The van der Waals surface area contributed by atoms with Gasteiger partial charge < -0.3 is 5.32 Å². The van der Waals surface area contributed by atoms with Crippen LogP contribution in [0.5, 0.6) is 0 Å². The van der Waals surface area contributed by atoms with E-state index < -0.39 is 0 Å². The number of rotatable bonds is 2. The van der Waals surface area contributed by atoms with E-state index in [9.17, 15) is 0 Å². The van der Waals surface area contributed by atoms with Gasteiger partial charge in [0.05, 0.1) is 10.4 Å². The van der Waals surface area contributed by atoms with Crippen LogP contribution in [0.25, 0.3) is 0 Å². The summed E-state index contributed by atoms with van der Waals surface area (Å²) >= 11 is 7.90. The Kier molecular flexibility index (Phi) is 3.24. The van der Waals surface area contributed by atoms with Crippen LogP contribution in [0.1, 0.15) is 46.9 Å². The van der Waals surface area contributed by atoms with Crippen molar-refractivity contribution in [1.82, 2.24) is 0 Å². The minimum atomic E-state index is 0.446. The highest BCUT2D eigenvalue weighted by Crippen LogP contribution is 2.41. The topological polar surface area (TPSA) is 12.0 Å². The molecule has 0 fully saturated rings. The molecule has 1 N–H and O–H groups in total. The van der Waals surface area contributed by atoms with Crippen molar-refractivity contribution >= 4 is 28.6 Å². The second kappa shape index (κ2) is 5.09.